The van der Waals surface area contributed by atoms with E-state index in [0.717, 1.165) is 23.7 Å². The highest BCUT2D eigenvalue weighted by Gasteiger charge is 2.40. The zero-order chi connectivity index (χ0) is 35.1. The van der Waals surface area contributed by atoms with E-state index in [4.69, 9.17) is 0 Å². The van der Waals surface area contributed by atoms with E-state index >= 15 is 0 Å². The maximum atomic E-state index is 2.92. The van der Waals surface area contributed by atoms with E-state index in [1.807, 2.05) is 0 Å². The lowest BCUT2D eigenvalue weighted by atomic mass is 9.72. The Bertz CT molecular complexity index is 914. The topological polar surface area (TPSA) is 6.48 Å². The molecule has 16 atom stereocenters. The van der Waals surface area contributed by atoms with E-state index in [1.54, 1.807) is 0 Å². The first-order valence-corrected chi connectivity index (χ1v) is 21.1. The Morgan fingerprint density at radius 1 is 0.271 bits per heavy atom. The van der Waals surface area contributed by atoms with Crippen LogP contribution < -0.4 is 0 Å². The van der Waals surface area contributed by atoms with Gasteiger partial charge in [-0.25, -0.2) is 0 Å². The molecule has 0 radical (unpaired) electrons. The second-order valence-electron chi connectivity index (χ2n) is 18.1. The van der Waals surface area contributed by atoms with Crippen LogP contribution in [-0.4, -0.2) is 47.1 Å². The minimum atomic E-state index is 0.575. The third-order valence-corrected chi connectivity index (χ3v) is 15.4. The number of allylic oxidation sites excluding steroid dienone is 4. The number of rotatable bonds is 15. The molecule has 0 unspecified atom stereocenters. The van der Waals surface area contributed by atoms with Crippen LogP contribution in [0.1, 0.15) is 134 Å². The minimum absolute atomic E-state index is 0.575. The van der Waals surface area contributed by atoms with Gasteiger partial charge in [-0.3, -0.25) is 9.80 Å². The second-order valence-corrected chi connectivity index (χ2v) is 18.1. The van der Waals surface area contributed by atoms with Crippen LogP contribution in [0.5, 0.6) is 0 Å². The van der Waals surface area contributed by atoms with Gasteiger partial charge in [-0.2, -0.15) is 0 Å². The van der Waals surface area contributed by atoms with Gasteiger partial charge in [0.15, 0.2) is 0 Å². The van der Waals surface area contributed by atoms with Crippen molar-refractivity contribution >= 4 is 0 Å². The molecule has 2 nitrogen and oxygen atoms in total. The summed E-state index contributed by atoms with van der Waals surface area (Å²) in [6.07, 6.45) is 31.4. The predicted molar refractivity (Wildman–Crippen MR) is 212 cm³/mol. The summed E-state index contributed by atoms with van der Waals surface area (Å²) in [7, 11) is 0. The molecule has 0 spiro atoms. The highest BCUT2D eigenvalue weighted by Crippen LogP contribution is 2.40. The highest BCUT2D eigenvalue weighted by atomic mass is 15.2. The Morgan fingerprint density at radius 3 is 0.708 bits per heavy atom. The van der Waals surface area contributed by atoms with Gasteiger partial charge in [-0.15, -0.1) is 0 Å². The van der Waals surface area contributed by atoms with Gasteiger partial charge in [0, 0.05) is 24.2 Å². The van der Waals surface area contributed by atoms with Crippen molar-refractivity contribution in [1.29, 1.82) is 0 Å². The maximum Gasteiger partial charge on any atom is 0.0312 e. The van der Waals surface area contributed by atoms with Crippen molar-refractivity contribution < 1.29 is 0 Å². The van der Waals surface area contributed by atoms with Crippen LogP contribution in [0.15, 0.2) is 48.6 Å². The van der Waals surface area contributed by atoms with E-state index in [2.05, 4.69) is 141 Å². The van der Waals surface area contributed by atoms with Gasteiger partial charge in [0.05, 0.1) is 0 Å². The van der Waals surface area contributed by atoms with Gasteiger partial charge in [-0.05, 0) is 96.9 Å². The average molecular weight is 661 g/mol. The predicted octanol–water partition coefficient (Wildman–Crippen LogP) is 12.1. The summed E-state index contributed by atoms with van der Waals surface area (Å²) < 4.78 is 0. The molecule has 4 rings (SSSR count). The number of hydrogen-bond donors (Lipinski definition) is 0. The molecule has 4 aliphatic carbocycles. The molecule has 0 bridgehead atoms. The third-order valence-electron chi connectivity index (χ3n) is 15.4. The van der Waals surface area contributed by atoms with Crippen LogP contribution in [0.4, 0.5) is 0 Å². The zero-order valence-electron chi connectivity index (χ0n) is 33.8. The third kappa shape index (κ3) is 9.40. The Labute approximate surface area is 300 Å². The molecular weight excluding hydrogens is 581 g/mol. The molecule has 4 aliphatic rings. The molecule has 0 aliphatic heterocycles. The fraction of sp³-hybridized carbons (Fsp3) is 0.826. The normalized spacial score (nSPS) is 43.0. The van der Waals surface area contributed by atoms with E-state index in [-0.39, 0.29) is 0 Å². The van der Waals surface area contributed by atoms with Gasteiger partial charge in [-0.1, -0.05) is 170 Å². The average Bonchev–Trinajstić information content (AvgIpc) is 3.06. The number of hydrogen-bond acceptors (Lipinski definition) is 2. The molecule has 0 saturated carbocycles. The van der Waals surface area contributed by atoms with Gasteiger partial charge in [0.1, 0.15) is 0 Å². The van der Waals surface area contributed by atoms with Crippen molar-refractivity contribution in [3.8, 4) is 0 Å². The Kier molecular flexibility index (Phi) is 15.2. The molecule has 0 fully saturated rings. The fourth-order valence-corrected chi connectivity index (χ4v) is 10.0. The van der Waals surface area contributed by atoms with Crippen molar-refractivity contribution in [2.45, 2.75) is 159 Å². The van der Waals surface area contributed by atoms with Crippen molar-refractivity contribution in [3.05, 3.63) is 48.6 Å². The summed E-state index contributed by atoms with van der Waals surface area (Å²) in [5.41, 5.74) is 0. The monoisotopic (exact) mass is 661 g/mol. The molecule has 0 saturated heterocycles. The molecular formula is C46H80N2. The van der Waals surface area contributed by atoms with Gasteiger partial charge >= 0.3 is 0 Å². The van der Waals surface area contributed by atoms with Gasteiger partial charge < -0.3 is 0 Å². The second kappa shape index (κ2) is 18.4. The molecule has 0 heterocycles. The molecule has 0 aromatic rings. The van der Waals surface area contributed by atoms with Gasteiger partial charge in [0.2, 0.25) is 0 Å². The van der Waals surface area contributed by atoms with Crippen LogP contribution >= 0.6 is 0 Å². The van der Waals surface area contributed by atoms with Crippen LogP contribution in [0.2, 0.25) is 0 Å². The molecule has 0 aromatic carbocycles. The molecule has 274 valence electrons. The van der Waals surface area contributed by atoms with Crippen molar-refractivity contribution in [2.75, 3.05) is 13.1 Å². The summed E-state index contributed by atoms with van der Waals surface area (Å²) in [6, 6.07) is 2.30. The SMILES string of the molecule is C[C@H]1[C@H](C)[C@@H](N(CCCCCCCCCCN([C@H]2C=C[C@@H](C)[C@@H](C)[C@@H]2C)[C@H]2C=C[C@@H](C)[C@@H](C)[C@@H]2C)[C@H]2C=C[C@@H](C)[C@@H](C)[C@@H]2C)C=C[C@H]1C. The van der Waals surface area contributed by atoms with E-state index < -0.39 is 0 Å². The lowest BCUT2D eigenvalue weighted by Gasteiger charge is -2.48. The standard InChI is InChI=1S/C46H80N2/c1-31-21-25-43(39(9)35(31)5)47(44-26-22-32(2)36(6)40(44)10)29-19-17-15-13-14-16-18-20-30-48(45-27-23-33(3)37(7)41(45)11)46-28-24-34(4)38(8)42(46)12/h21-28,31-46H,13-20,29-30H2,1-12H3/t31-,32-,33-,34-,35-,36-,37-,38-,39+,40+,41+,42+,43+,44+,45+,46+/m1/s1. The lowest BCUT2D eigenvalue weighted by Crippen LogP contribution is -2.52. The molecule has 48 heavy (non-hydrogen) atoms. The molecule has 2 heteroatoms. The lowest BCUT2D eigenvalue weighted by molar-refractivity contribution is 0.0588. The minimum Gasteiger partial charge on any atom is -0.290 e. The first-order chi connectivity index (χ1) is 22.8. The fourth-order valence-electron chi connectivity index (χ4n) is 10.0. The summed E-state index contributed by atoms with van der Waals surface area (Å²) >= 11 is 0. The van der Waals surface area contributed by atoms with E-state index in [1.165, 1.54) is 64.5 Å². The Balaban J connectivity index is 1.23. The summed E-state index contributed by atoms with van der Waals surface area (Å²) in [5.74, 6) is 8.62. The summed E-state index contributed by atoms with van der Waals surface area (Å²) in [4.78, 5) is 5.85. The molecule has 0 aromatic heterocycles. The quantitative estimate of drug-likeness (QED) is 0.127. The van der Waals surface area contributed by atoms with Crippen LogP contribution in [0, 0.1) is 71.0 Å². The van der Waals surface area contributed by atoms with Crippen LogP contribution in [0.3, 0.4) is 0 Å². The number of unbranched alkanes of at least 4 members (excludes halogenated alkanes) is 7. The first-order valence-electron chi connectivity index (χ1n) is 21.1. The molecule has 0 amide bonds. The highest BCUT2D eigenvalue weighted by molar-refractivity contribution is 5.14. The van der Waals surface area contributed by atoms with E-state index in [0.29, 0.717) is 71.5 Å². The zero-order valence-corrected chi connectivity index (χ0v) is 33.8. The van der Waals surface area contributed by atoms with Gasteiger partial charge in [0.25, 0.3) is 0 Å². The first kappa shape index (κ1) is 39.7. The Morgan fingerprint density at radius 2 is 0.479 bits per heavy atom. The van der Waals surface area contributed by atoms with Crippen molar-refractivity contribution in [1.82, 2.24) is 9.80 Å². The smallest absolute Gasteiger partial charge is 0.0312 e. The Hall–Kier alpha value is -1.12. The summed E-state index contributed by atoms with van der Waals surface area (Å²) in [5, 5.41) is 0. The largest absolute Gasteiger partial charge is 0.290 e. The van der Waals surface area contributed by atoms with E-state index in [9.17, 15) is 0 Å². The van der Waals surface area contributed by atoms with Crippen LogP contribution in [-0.2, 0) is 0 Å². The number of nitrogens with zero attached hydrogens (tertiary/aromatic N) is 2. The van der Waals surface area contributed by atoms with Crippen molar-refractivity contribution in [2.24, 2.45) is 71.0 Å². The maximum absolute atomic E-state index is 2.92. The molecule has 0 N–H and O–H groups in total. The summed E-state index contributed by atoms with van der Waals surface area (Å²) in [6.45, 7) is 32.1. The van der Waals surface area contributed by atoms with Crippen LogP contribution in [0.25, 0.3) is 0 Å². The van der Waals surface area contributed by atoms with Crippen molar-refractivity contribution in [3.63, 3.8) is 0 Å².